The highest BCUT2D eigenvalue weighted by atomic mass is 16.5. The fraction of sp³-hybridized carbons (Fsp3) is 0.917. The highest BCUT2D eigenvalue weighted by Crippen LogP contribution is 2.15. The van der Waals surface area contributed by atoms with Crippen LogP contribution < -0.4 is 11.1 Å². The van der Waals surface area contributed by atoms with E-state index >= 15 is 0 Å². The summed E-state index contributed by atoms with van der Waals surface area (Å²) in [5, 5.41) is 3.01. The molecule has 2 unspecified atom stereocenters. The first kappa shape index (κ1) is 16.4. The van der Waals surface area contributed by atoms with Crippen molar-refractivity contribution >= 4 is 5.91 Å². The summed E-state index contributed by atoms with van der Waals surface area (Å²) >= 11 is 0. The van der Waals surface area contributed by atoms with E-state index in [1.54, 1.807) is 14.2 Å². The molecule has 0 rings (SSSR count). The molecule has 0 aromatic carbocycles. The number of hydrogen-bond acceptors (Lipinski definition) is 4. The number of ether oxygens (including phenoxy) is 1. The van der Waals surface area contributed by atoms with Crippen LogP contribution in [0, 0.1) is 0 Å². The van der Waals surface area contributed by atoms with Crippen molar-refractivity contribution in [3.63, 3.8) is 0 Å². The fourth-order valence-corrected chi connectivity index (χ4v) is 1.94. The van der Waals surface area contributed by atoms with Crippen molar-refractivity contribution in [2.75, 3.05) is 33.9 Å². The van der Waals surface area contributed by atoms with Gasteiger partial charge in [0.1, 0.15) is 0 Å². The lowest BCUT2D eigenvalue weighted by Crippen LogP contribution is -2.55. The summed E-state index contributed by atoms with van der Waals surface area (Å²) in [6.07, 6.45) is 0.691. The van der Waals surface area contributed by atoms with Crippen LogP contribution in [0.25, 0.3) is 0 Å². The molecule has 17 heavy (non-hydrogen) atoms. The first-order chi connectivity index (χ1) is 7.91. The number of carbonyl (C=O) groups is 1. The summed E-state index contributed by atoms with van der Waals surface area (Å²) in [4.78, 5) is 13.7. The monoisotopic (exact) mass is 245 g/mol. The van der Waals surface area contributed by atoms with E-state index < -0.39 is 5.54 Å². The van der Waals surface area contributed by atoms with Crippen LogP contribution in [0.15, 0.2) is 0 Å². The Morgan fingerprint density at radius 2 is 2.18 bits per heavy atom. The van der Waals surface area contributed by atoms with Crippen LogP contribution in [0.3, 0.4) is 0 Å². The Balaban J connectivity index is 4.46. The fourth-order valence-electron chi connectivity index (χ4n) is 1.94. The van der Waals surface area contributed by atoms with Gasteiger partial charge in [-0.2, -0.15) is 0 Å². The average molecular weight is 245 g/mol. The van der Waals surface area contributed by atoms with Gasteiger partial charge in [-0.05, 0) is 33.9 Å². The number of methoxy groups -OCH3 is 1. The minimum atomic E-state index is -0.653. The van der Waals surface area contributed by atoms with Gasteiger partial charge >= 0.3 is 0 Å². The van der Waals surface area contributed by atoms with Crippen LogP contribution in [-0.2, 0) is 9.53 Å². The molecule has 102 valence electrons. The van der Waals surface area contributed by atoms with Crippen LogP contribution >= 0.6 is 0 Å². The molecule has 0 bridgehead atoms. The van der Waals surface area contributed by atoms with Crippen molar-refractivity contribution in [1.29, 1.82) is 0 Å². The lowest BCUT2D eigenvalue weighted by atomic mass is 9.92. The number of rotatable bonds is 9. The van der Waals surface area contributed by atoms with Gasteiger partial charge in [-0.15, -0.1) is 0 Å². The SMILES string of the molecule is CCN(CCOC)C(C)CC(C)(NC)C(N)=O. The first-order valence-corrected chi connectivity index (χ1v) is 6.13. The second-order valence-electron chi connectivity index (χ2n) is 4.62. The Labute approximate surface area is 105 Å². The first-order valence-electron chi connectivity index (χ1n) is 6.13. The molecule has 0 aliphatic rings. The van der Waals surface area contributed by atoms with Crippen LogP contribution in [0.1, 0.15) is 27.2 Å². The number of nitrogens with zero attached hydrogens (tertiary/aromatic N) is 1. The van der Waals surface area contributed by atoms with E-state index in [2.05, 4.69) is 24.1 Å². The molecule has 0 heterocycles. The third kappa shape index (κ3) is 5.02. The molecule has 0 spiro atoms. The summed E-state index contributed by atoms with van der Waals surface area (Å²) < 4.78 is 5.08. The Morgan fingerprint density at radius 3 is 2.53 bits per heavy atom. The molecule has 0 aromatic heterocycles. The van der Waals surface area contributed by atoms with Gasteiger partial charge in [0.25, 0.3) is 0 Å². The maximum absolute atomic E-state index is 11.4. The zero-order valence-electron chi connectivity index (χ0n) is 11.7. The van der Waals surface area contributed by atoms with Crippen molar-refractivity contribution < 1.29 is 9.53 Å². The van der Waals surface area contributed by atoms with Crippen LogP contribution in [0.4, 0.5) is 0 Å². The van der Waals surface area contributed by atoms with Gasteiger partial charge in [-0.3, -0.25) is 9.69 Å². The van der Waals surface area contributed by atoms with Crippen LogP contribution in [-0.4, -0.2) is 56.2 Å². The van der Waals surface area contributed by atoms with Crippen molar-refractivity contribution in [3.8, 4) is 0 Å². The van der Waals surface area contributed by atoms with E-state index in [9.17, 15) is 4.79 Å². The van der Waals surface area contributed by atoms with E-state index in [-0.39, 0.29) is 11.9 Å². The summed E-state index contributed by atoms with van der Waals surface area (Å²) in [6, 6.07) is 0.278. The zero-order chi connectivity index (χ0) is 13.5. The smallest absolute Gasteiger partial charge is 0.237 e. The molecule has 1 amide bonds. The van der Waals surface area contributed by atoms with E-state index in [4.69, 9.17) is 10.5 Å². The van der Waals surface area contributed by atoms with E-state index in [0.717, 1.165) is 13.1 Å². The van der Waals surface area contributed by atoms with Gasteiger partial charge in [-0.25, -0.2) is 0 Å². The standard InChI is InChI=1S/C12H27N3O2/c1-6-15(7-8-17-5)10(2)9-12(3,14-4)11(13)16/h10,14H,6-9H2,1-5H3,(H2,13,16). The normalized spacial score (nSPS) is 16.8. The van der Waals surface area contributed by atoms with E-state index in [0.29, 0.717) is 13.0 Å². The number of nitrogens with one attached hydrogen (secondary N) is 1. The van der Waals surface area contributed by atoms with Crippen molar-refractivity contribution in [3.05, 3.63) is 0 Å². The number of hydrogen-bond donors (Lipinski definition) is 2. The third-order valence-electron chi connectivity index (χ3n) is 3.41. The minimum absolute atomic E-state index is 0.278. The molecule has 2 atom stereocenters. The predicted octanol–water partition coefficient (Wildman–Crippen LogP) is 0.197. The Kier molecular flexibility index (Phi) is 7.34. The van der Waals surface area contributed by atoms with Crippen LogP contribution in [0.5, 0.6) is 0 Å². The molecule has 0 aliphatic heterocycles. The van der Waals surface area contributed by atoms with Gasteiger partial charge in [-0.1, -0.05) is 6.92 Å². The summed E-state index contributed by atoms with van der Waals surface area (Å²) in [5.74, 6) is -0.311. The second-order valence-corrected chi connectivity index (χ2v) is 4.62. The Morgan fingerprint density at radius 1 is 1.59 bits per heavy atom. The van der Waals surface area contributed by atoms with Gasteiger partial charge in [0.15, 0.2) is 0 Å². The lowest BCUT2D eigenvalue weighted by molar-refractivity contribution is -0.124. The maximum Gasteiger partial charge on any atom is 0.237 e. The predicted molar refractivity (Wildman–Crippen MR) is 69.9 cm³/mol. The maximum atomic E-state index is 11.4. The van der Waals surface area contributed by atoms with Gasteiger partial charge < -0.3 is 15.8 Å². The molecule has 3 N–H and O–H groups in total. The molecule has 0 radical (unpaired) electrons. The topological polar surface area (TPSA) is 67.6 Å². The molecular formula is C12H27N3O2. The van der Waals surface area contributed by atoms with Gasteiger partial charge in [0, 0.05) is 19.7 Å². The van der Waals surface area contributed by atoms with Crippen molar-refractivity contribution in [1.82, 2.24) is 10.2 Å². The minimum Gasteiger partial charge on any atom is -0.383 e. The molecule has 0 fully saturated rings. The number of carbonyl (C=O) groups excluding carboxylic acids is 1. The van der Waals surface area contributed by atoms with Crippen molar-refractivity contribution in [2.45, 2.75) is 38.8 Å². The molecule has 5 heteroatoms. The molecule has 0 saturated heterocycles. The highest BCUT2D eigenvalue weighted by molar-refractivity contribution is 5.84. The number of primary amides is 1. The lowest BCUT2D eigenvalue weighted by Gasteiger charge is -2.34. The van der Waals surface area contributed by atoms with E-state index in [1.807, 2.05) is 6.92 Å². The van der Waals surface area contributed by atoms with Gasteiger partial charge in [0.05, 0.1) is 12.1 Å². The summed E-state index contributed by atoms with van der Waals surface area (Å²) in [5.41, 5.74) is 4.77. The quantitative estimate of drug-likeness (QED) is 0.609. The highest BCUT2D eigenvalue weighted by Gasteiger charge is 2.32. The summed E-state index contributed by atoms with van der Waals surface area (Å²) in [7, 11) is 3.46. The van der Waals surface area contributed by atoms with Crippen molar-refractivity contribution in [2.24, 2.45) is 5.73 Å². The summed E-state index contributed by atoms with van der Waals surface area (Å²) in [6.45, 7) is 8.56. The second kappa shape index (κ2) is 7.63. The Hall–Kier alpha value is -0.650. The van der Waals surface area contributed by atoms with Crippen LogP contribution in [0.2, 0.25) is 0 Å². The van der Waals surface area contributed by atoms with Gasteiger partial charge in [0.2, 0.25) is 5.91 Å². The largest absolute Gasteiger partial charge is 0.383 e. The third-order valence-corrected chi connectivity index (χ3v) is 3.41. The zero-order valence-corrected chi connectivity index (χ0v) is 11.7. The molecule has 0 aliphatic carbocycles. The number of nitrogens with two attached hydrogens (primary N) is 1. The molecular weight excluding hydrogens is 218 g/mol. The average Bonchev–Trinajstić information content (AvgIpc) is 2.29. The molecule has 5 nitrogen and oxygen atoms in total. The number of likely N-dealkylation sites (N-methyl/N-ethyl adjacent to an activating group) is 2. The number of amides is 1. The van der Waals surface area contributed by atoms with E-state index in [1.165, 1.54) is 0 Å². The molecule has 0 aromatic rings. The Bertz CT molecular complexity index is 236. The molecule has 0 saturated carbocycles.